The molecule has 0 aliphatic heterocycles. The Labute approximate surface area is 134 Å². The molecular weight excluding hydrogens is 218 g/mol. The molecule has 4 nitrogen and oxygen atoms in total. The van der Waals surface area contributed by atoms with Gasteiger partial charge in [-0.3, -0.25) is 0 Å². The van der Waals surface area contributed by atoms with Crippen molar-refractivity contribution in [3.63, 3.8) is 0 Å². The van der Waals surface area contributed by atoms with Crippen molar-refractivity contribution in [2.75, 3.05) is 0 Å². The third kappa shape index (κ3) is 12.9. The number of hydrogen-bond donors (Lipinski definition) is 0. The molecule has 0 heterocycles. The molecule has 0 unspecified atom stereocenters. The second-order valence-corrected chi connectivity index (χ2v) is 3.49. The number of carbonyl (C=O) groups is 2. The smallest absolute Gasteiger partial charge is 0.550 e. The van der Waals surface area contributed by atoms with Gasteiger partial charge in [-0.2, -0.15) is 0 Å². The number of rotatable bonds is 6. The van der Waals surface area contributed by atoms with Gasteiger partial charge in [0.2, 0.25) is 0 Å². The molecule has 15 heavy (non-hydrogen) atoms. The van der Waals surface area contributed by atoms with Gasteiger partial charge in [-0.1, -0.05) is 13.8 Å². The molecule has 0 aliphatic carbocycles. The Morgan fingerprint density at radius 3 is 1.80 bits per heavy atom. The molecule has 0 spiro atoms. The van der Waals surface area contributed by atoms with E-state index in [2.05, 4.69) is 0 Å². The zero-order valence-electron chi connectivity index (χ0n) is 9.91. The topological polar surface area (TPSA) is 80.3 Å². The summed E-state index contributed by atoms with van der Waals surface area (Å²) in [6.07, 6.45) is 0.176. The molecular formula is C9H14Na2O4. The molecule has 0 bridgehead atoms. The Morgan fingerprint density at radius 1 is 1.07 bits per heavy atom. The number of hydrogen-bond acceptors (Lipinski definition) is 4. The minimum atomic E-state index is -1.14. The Hall–Kier alpha value is 0.940. The Bertz CT molecular complexity index is 195. The van der Waals surface area contributed by atoms with Gasteiger partial charge in [-0.25, -0.2) is 0 Å². The molecule has 0 amide bonds. The van der Waals surface area contributed by atoms with Gasteiger partial charge in [0, 0.05) is 11.9 Å². The van der Waals surface area contributed by atoms with Crippen molar-refractivity contribution in [1.82, 2.24) is 0 Å². The van der Waals surface area contributed by atoms with Gasteiger partial charge in [0.05, 0.1) is 0 Å². The zero-order valence-corrected chi connectivity index (χ0v) is 13.9. The predicted octanol–water partition coefficient (Wildman–Crippen LogP) is -7.06. The van der Waals surface area contributed by atoms with Crippen LogP contribution in [0.25, 0.3) is 0 Å². The SMILES string of the molecule is CC(C)[C@H](CCC(=O)[O-])CC(=O)[O-].[Na+].[Na+]. The third-order valence-corrected chi connectivity index (χ3v) is 2.09. The van der Waals surface area contributed by atoms with Crippen LogP contribution in [0, 0.1) is 11.8 Å². The van der Waals surface area contributed by atoms with E-state index >= 15 is 0 Å². The molecule has 0 aliphatic rings. The van der Waals surface area contributed by atoms with E-state index < -0.39 is 11.9 Å². The molecule has 0 aromatic carbocycles. The fraction of sp³-hybridized carbons (Fsp3) is 0.778. The molecule has 0 fully saturated rings. The van der Waals surface area contributed by atoms with E-state index in [1.54, 1.807) is 0 Å². The summed E-state index contributed by atoms with van der Waals surface area (Å²) in [7, 11) is 0. The molecule has 1 atom stereocenters. The van der Waals surface area contributed by atoms with Crippen LogP contribution < -0.4 is 69.3 Å². The van der Waals surface area contributed by atoms with Crippen LogP contribution in [-0.4, -0.2) is 11.9 Å². The van der Waals surface area contributed by atoms with E-state index in [0.717, 1.165) is 0 Å². The molecule has 0 aromatic heterocycles. The van der Waals surface area contributed by atoms with Crippen LogP contribution in [0.5, 0.6) is 0 Å². The van der Waals surface area contributed by atoms with E-state index in [9.17, 15) is 19.8 Å². The monoisotopic (exact) mass is 232 g/mol. The number of carboxylic acids is 2. The maximum Gasteiger partial charge on any atom is 1.00 e. The van der Waals surface area contributed by atoms with Crippen molar-refractivity contribution in [2.24, 2.45) is 11.8 Å². The van der Waals surface area contributed by atoms with Gasteiger partial charge in [-0.05, 0) is 31.1 Å². The molecule has 0 saturated carbocycles. The normalized spacial score (nSPS) is 11.1. The molecule has 0 rings (SSSR count). The summed E-state index contributed by atoms with van der Waals surface area (Å²) in [4.78, 5) is 20.4. The first-order valence-electron chi connectivity index (χ1n) is 4.33. The summed E-state index contributed by atoms with van der Waals surface area (Å²) >= 11 is 0. The standard InChI is InChI=1S/C9H16O4.2Na/c1-6(2)7(5-9(12)13)3-4-8(10)11;;/h6-7H,3-5H2,1-2H3,(H,10,11)(H,12,13);;/q;2*+1/p-2/t7-;;/m1../s1. The summed E-state index contributed by atoms with van der Waals surface area (Å²) in [6.45, 7) is 3.73. The fourth-order valence-corrected chi connectivity index (χ4v) is 1.19. The fourth-order valence-electron chi connectivity index (χ4n) is 1.19. The van der Waals surface area contributed by atoms with Crippen molar-refractivity contribution in [2.45, 2.75) is 33.1 Å². The second kappa shape index (κ2) is 11.4. The summed E-state index contributed by atoms with van der Waals surface area (Å²) < 4.78 is 0. The molecule has 0 N–H and O–H groups in total. The van der Waals surface area contributed by atoms with Crippen LogP contribution >= 0.6 is 0 Å². The average Bonchev–Trinajstić information content (AvgIpc) is 1.96. The van der Waals surface area contributed by atoms with Crippen LogP contribution in [0.1, 0.15) is 33.1 Å². The van der Waals surface area contributed by atoms with E-state index in [4.69, 9.17) is 0 Å². The van der Waals surface area contributed by atoms with Gasteiger partial charge in [0.15, 0.2) is 0 Å². The number of carboxylic acid groups (broad SMARTS) is 2. The van der Waals surface area contributed by atoms with Gasteiger partial charge < -0.3 is 19.8 Å². The van der Waals surface area contributed by atoms with Gasteiger partial charge in [-0.15, -0.1) is 0 Å². The molecule has 0 aromatic rings. The Kier molecular flexibility index (Phi) is 16.2. The van der Waals surface area contributed by atoms with Crippen molar-refractivity contribution in [3.8, 4) is 0 Å². The van der Waals surface area contributed by atoms with Gasteiger partial charge in [0.25, 0.3) is 0 Å². The maximum absolute atomic E-state index is 10.3. The minimum absolute atomic E-state index is 0. The summed E-state index contributed by atoms with van der Waals surface area (Å²) in [5.41, 5.74) is 0. The van der Waals surface area contributed by atoms with Crippen molar-refractivity contribution < 1.29 is 78.9 Å². The maximum atomic E-state index is 10.3. The number of aliphatic carboxylic acids is 2. The zero-order chi connectivity index (χ0) is 10.4. The van der Waals surface area contributed by atoms with E-state index in [1.165, 1.54) is 0 Å². The third-order valence-electron chi connectivity index (χ3n) is 2.09. The molecule has 76 valence electrons. The first-order valence-corrected chi connectivity index (χ1v) is 4.33. The van der Waals surface area contributed by atoms with E-state index in [1.807, 2.05) is 13.8 Å². The quantitative estimate of drug-likeness (QED) is 0.426. The molecule has 0 saturated heterocycles. The van der Waals surface area contributed by atoms with Crippen LogP contribution in [0.4, 0.5) is 0 Å². The van der Waals surface area contributed by atoms with Gasteiger partial charge >= 0.3 is 59.1 Å². The van der Waals surface area contributed by atoms with Crippen LogP contribution in [0.15, 0.2) is 0 Å². The van der Waals surface area contributed by atoms with Crippen LogP contribution in [-0.2, 0) is 9.59 Å². The predicted molar refractivity (Wildman–Crippen MR) is 42.2 cm³/mol. The number of carbonyl (C=O) groups excluding carboxylic acids is 2. The first-order chi connectivity index (χ1) is 5.93. The van der Waals surface area contributed by atoms with Crippen molar-refractivity contribution in [3.05, 3.63) is 0 Å². The minimum Gasteiger partial charge on any atom is -0.550 e. The summed E-state index contributed by atoms with van der Waals surface area (Å²) in [5.74, 6) is -2.25. The average molecular weight is 232 g/mol. The molecule has 0 radical (unpaired) electrons. The van der Waals surface area contributed by atoms with Gasteiger partial charge in [0.1, 0.15) is 0 Å². The van der Waals surface area contributed by atoms with E-state index in [0.29, 0.717) is 6.42 Å². The molecule has 6 heteroatoms. The van der Waals surface area contributed by atoms with Crippen molar-refractivity contribution in [1.29, 1.82) is 0 Å². The van der Waals surface area contributed by atoms with Crippen molar-refractivity contribution >= 4 is 11.9 Å². The Morgan fingerprint density at radius 2 is 1.53 bits per heavy atom. The first kappa shape index (κ1) is 21.2. The summed E-state index contributed by atoms with van der Waals surface area (Å²) in [6, 6.07) is 0. The van der Waals surface area contributed by atoms with E-state index in [-0.39, 0.29) is 83.8 Å². The summed E-state index contributed by atoms with van der Waals surface area (Å²) in [5, 5.41) is 20.4. The van der Waals surface area contributed by atoms with Crippen LogP contribution in [0.3, 0.4) is 0 Å². The second-order valence-electron chi connectivity index (χ2n) is 3.49. The Balaban J connectivity index is -0.000000720. The largest absolute Gasteiger partial charge is 1.00 e. The van der Waals surface area contributed by atoms with Crippen LogP contribution in [0.2, 0.25) is 0 Å².